The van der Waals surface area contributed by atoms with Crippen LogP contribution in [-0.4, -0.2) is 38.7 Å². The van der Waals surface area contributed by atoms with Crippen molar-refractivity contribution >= 4 is 10.0 Å². The van der Waals surface area contributed by atoms with Crippen LogP contribution in [0.15, 0.2) is 0 Å². The van der Waals surface area contributed by atoms with Crippen molar-refractivity contribution in [2.24, 2.45) is 0 Å². The third-order valence-corrected chi connectivity index (χ3v) is 5.13. The lowest BCUT2D eigenvalue weighted by Crippen LogP contribution is -2.41. The number of alkyl halides is 2. The molecule has 2 aliphatic rings. The fourth-order valence-electron chi connectivity index (χ4n) is 2.27. The van der Waals surface area contributed by atoms with E-state index in [2.05, 4.69) is 10.0 Å². The summed E-state index contributed by atoms with van der Waals surface area (Å²) in [7, 11) is -3.44. The maximum Gasteiger partial charge on any atom is 0.249 e. The molecule has 16 heavy (non-hydrogen) atoms. The van der Waals surface area contributed by atoms with Gasteiger partial charge in [-0.3, -0.25) is 0 Å². The lowest BCUT2D eigenvalue weighted by molar-refractivity contribution is 0.00760. The molecule has 0 spiro atoms. The van der Waals surface area contributed by atoms with Crippen molar-refractivity contribution in [3.8, 4) is 0 Å². The van der Waals surface area contributed by atoms with Gasteiger partial charge in [0.2, 0.25) is 15.9 Å². The molecular formula is C9H16F2N2O2S. The summed E-state index contributed by atoms with van der Waals surface area (Å²) in [5.74, 6) is -2.71. The minimum atomic E-state index is -3.44. The molecule has 94 valence electrons. The first-order valence-electron chi connectivity index (χ1n) is 5.49. The third-order valence-electron chi connectivity index (χ3n) is 3.19. The Balaban J connectivity index is 1.94. The van der Waals surface area contributed by atoms with Crippen LogP contribution in [0, 0.1) is 0 Å². The highest BCUT2D eigenvalue weighted by Crippen LogP contribution is 2.35. The third kappa shape index (κ3) is 2.70. The number of nitrogens with one attached hydrogen (secondary N) is 2. The lowest BCUT2D eigenvalue weighted by Gasteiger charge is -2.16. The molecular weight excluding hydrogens is 238 g/mol. The standard InChI is InChI=1S/C9H16F2N2O2S/c10-9(11)3-1-7(5-9)13-16(14,15)8-2-4-12-6-8/h7-8,12-13H,1-6H2. The zero-order valence-electron chi connectivity index (χ0n) is 8.88. The predicted molar refractivity (Wildman–Crippen MR) is 55.9 cm³/mol. The summed E-state index contributed by atoms with van der Waals surface area (Å²) in [6, 6.07) is -0.597. The molecule has 1 aliphatic carbocycles. The zero-order valence-corrected chi connectivity index (χ0v) is 9.69. The molecule has 2 atom stereocenters. The van der Waals surface area contributed by atoms with E-state index in [1.807, 2.05) is 0 Å². The largest absolute Gasteiger partial charge is 0.315 e. The molecule has 0 aromatic carbocycles. The van der Waals surface area contributed by atoms with Crippen molar-refractivity contribution in [1.29, 1.82) is 0 Å². The van der Waals surface area contributed by atoms with E-state index in [1.54, 1.807) is 0 Å². The summed E-state index contributed by atoms with van der Waals surface area (Å²) in [5, 5.41) is 2.48. The van der Waals surface area contributed by atoms with Crippen LogP contribution in [0.4, 0.5) is 8.78 Å². The van der Waals surface area contributed by atoms with E-state index in [1.165, 1.54) is 0 Å². The molecule has 0 aromatic rings. The highest BCUT2D eigenvalue weighted by Gasteiger charge is 2.42. The highest BCUT2D eigenvalue weighted by molar-refractivity contribution is 7.90. The zero-order chi connectivity index (χ0) is 11.8. The van der Waals surface area contributed by atoms with Crippen molar-refractivity contribution in [3.05, 3.63) is 0 Å². The van der Waals surface area contributed by atoms with Gasteiger partial charge in [0.15, 0.2) is 0 Å². The molecule has 1 saturated heterocycles. The smallest absolute Gasteiger partial charge is 0.249 e. The fraction of sp³-hybridized carbons (Fsp3) is 1.00. The van der Waals surface area contributed by atoms with Crippen molar-refractivity contribution in [2.45, 2.75) is 42.9 Å². The van der Waals surface area contributed by atoms with Gasteiger partial charge in [-0.15, -0.1) is 0 Å². The Morgan fingerprint density at radius 2 is 2.06 bits per heavy atom. The number of halogens is 2. The van der Waals surface area contributed by atoms with Crippen LogP contribution in [0.1, 0.15) is 25.7 Å². The van der Waals surface area contributed by atoms with Gasteiger partial charge < -0.3 is 5.32 Å². The van der Waals surface area contributed by atoms with Gasteiger partial charge in [-0.05, 0) is 19.4 Å². The Labute approximate surface area is 93.8 Å². The average molecular weight is 254 g/mol. The van der Waals surface area contributed by atoms with E-state index in [0.29, 0.717) is 19.5 Å². The van der Waals surface area contributed by atoms with Gasteiger partial charge in [-0.25, -0.2) is 21.9 Å². The molecule has 1 heterocycles. The highest BCUT2D eigenvalue weighted by atomic mass is 32.2. The molecule has 1 saturated carbocycles. The molecule has 4 nitrogen and oxygen atoms in total. The average Bonchev–Trinajstić information content (AvgIpc) is 2.74. The van der Waals surface area contributed by atoms with E-state index < -0.39 is 27.2 Å². The molecule has 2 rings (SSSR count). The second kappa shape index (κ2) is 4.19. The number of hydrogen-bond donors (Lipinski definition) is 2. The second-order valence-corrected chi connectivity index (χ2v) is 6.57. The molecule has 0 bridgehead atoms. The first-order valence-corrected chi connectivity index (χ1v) is 7.03. The quantitative estimate of drug-likeness (QED) is 0.769. The molecule has 0 amide bonds. The van der Waals surface area contributed by atoms with Crippen LogP contribution < -0.4 is 10.0 Å². The predicted octanol–water partition coefficient (Wildman–Crippen LogP) is 0.455. The lowest BCUT2D eigenvalue weighted by atomic mass is 10.3. The van der Waals surface area contributed by atoms with Crippen LogP contribution in [0.25, 0.3) is 0 Å². The molecule has 2 unspecified atom stereocenters. The Hall–Kier alpha value is -0.270. The van der Waals surface area contributed by atoms with Crippen LogP contribution in [0.3, 0.4) is 0 Å². The molecule has 7 heteroatoms. The SMILES string of the molecule is O=S(=O)(NC1CCC(F)(F)C1)C1CCNC1. The summed E-state index contributed by atoms with van der Waals surface area (Å²) in [6.45, 7) is 1.09. The normalized spacial score (nSPS) is 34.4. The first kappa shape index (κ1) is 12.2. The van der Waals surface area contributed by atoms with Gasteiger partial charge in [-0.2, -0.15) is 0 Å². The van der Waals surface area contributed by atoms with Crippen LogP contribution in [-0.2, 0) is 10.0 Å². The number of sulfonamides is 1. The van der Waals surface area contributed by atoms with Crippen LogP contribution in [0.2, 0.25) is 0 Å². The maximum absolute atomic E-state index is 12.9. The second-order valence-electron chi connectivity index (χ2n) is 4.57. The Bertz CT molecular complexity index is 353. The molecule has 2 N–H and O–H groups in total. The summed E-state index contributed by atoms with van der Waals surface area (Å²) in [4.78, 5) is 0. The topological polar surface area (TPSA) is 58.2 Å². The maximum atomic E-state index is 12.9. The fourth-order valence-corrected chi connectivity index (χ4v) is 3.90. The number of rotatable bonds is 3. The summed E-state index contributed by atoms with van der Waals surface area (Å²) < 4.78 is 51.8. The Kier molecular flexibility index (Phi) is 3.20. The van der Waals surface area contributed by atoms with Crippen LogP contribution in [0.5, 0.6) is 0 Å². The van der Waals surface area contributed by atoms with Gasteiger partial charge in [0, 0.05) is 25.4 Å². The Morgan fingerprint density at radius 3 is 2.56 bits per heavy atom. The molecule has 2 fully saturated rings. The minimum absolute atomic E-state index is 0.219. The van der Waals surface area contributed by atoms with E-state index in [4.69, 9.17) is 0 Å². The Morgan fingerprint density at radius 1 is 1.31 bits per heavy atom. The van der Waals surface area contributed by atoms with Gasteiger partial charge in [0.05, 0.1) is 5.25 Å². The van der Waals surface area contributed by atoms with E-state index >= 15 is 0 Å². The van der Waals surface area contributed by atoms with Gasteiger partial charge in [0.1, 0.15) is 0 Å². The van der Waals surface area contributed by atoms with Gasteiger partial charge in [0.25, 0.3) is 0 Å². The first-order chi connectivity index (χ1) is 7.39. The van der Waals surface area contributed by atoms with Crippen molar-refractivity contribution < 1.29 is 17.2 Å². The van der Waals surface area contributed by atoms with E-state index in [0.717, 1.165) is 0 Å². The molecule has 1 aliphatic heterocycles. The number of hydrogen-bond acceptors (Lipinski definition) is 3. The summed E-state index contributed by atoms with van der Waals surface area (Å²) >= 11 is 0. The van der Waals surface area contributed by atoms with Gasteiger partial charge >= 0.3 is 0 Å². The van der Waals surface area contributed by atoms with E-state index in [9.17, 15) is 17.2 Å². The van der Waals surface area contributed by atoms with Crippen molar-refractivity contribution in [2.75, 3.05) is 13.1 Å². The van der Waals surface area contributed by atoms with Crippen molar-refractivity contribution in [3.63, 3.8) is 0 Å². The van der Waals surface area contributed by atoms with E-state index in [-0.39, 0.29) is 19.3 Å². The van der Waals surface area contributed by atoms with Crippen molar-refractivity contribution in [1.82, 2.24) is 10.0 Å². The van der Waals surface area contributed by atoms with Gasteiger partial charge in [-0.1, -0.05) is 0 Å². The monoisotopic (exact) mass is 254 g/mol. The summed E-state index contributed by atoms with van der Waals surface area (Å²) in [5.41, 5.74) is 0. The van der Waals surface area contributed by atoms with Crippen LogP contribution >= 0.6 is 0 Å². The minimum Gasteiger partial charge on any atom is -0.315 e. The summed E-state index contributed by atoms with van der Waals surface area (Å²) in [6.07, 6.45) is 0.195. The molecule has 0 aromatic heterocycles. The molecule has 0 radical (unpaired) electrons.